The number of carboxylic acids is 1. The standard InChI is InChI=1S/C12H22N2O6S/c1-9-8-20-11(7-15)6-14(9)21(18,19)13-4-2-3-10(5-13)12(16)17/h9-11,15H,2-8H2,1H3,(H,16,17). The Kier molecular flexibility index (Phi) is 5.20. The maximum absolute atomic E-state index is 12.7. The van der Waals surface area contributed by atoms with E-state index in [-0.39, 0.29) is 32.3 Å². The predicted octanol–water partition coefficient (Wildman–Crippen LogP) is -0.891. The number of aliphatic hydroxyl groups excluding tert-OH is 1. The molecule has 2 fully saturated rings. The Balaban J connectivity index is 2.14. The normalized spacial score (nSPS) is 33.0. The lowest BCUT2D eigenvalue weighted by Gasteiger charge is -2.40. The summed E-state index contributed by atoms with van der Waals surface area (Å²) < 4.78 is 33.3. The van der Waals surface area contributed by atoms with Gasteiger partial charge in [-0.05, 0) is 19.8 Å². The Morgan fingerprint density at radius 3 is 2.71 bits per heavy atom. The van der Waals surface area contributed by atoms with E-state index in [0.29, 0.717) is 19.4 Å². The summed E-state index contributed by atoms with van der Waals surface area (Å²) in [6.45, 7) is 2.15. The molecule has 0 aromatic rings. The molecule has 0 aromatic carbocycles. The van der Waals surface area contributed by atoms with Crippen LogP contribution in [-0.2, 0) is 19.7 Å². The number of carboxylic acid groups (broad SMARTS) is 1. The minimum atomic E-state index is -3.73. The largest absolute Gasteiger partial charge is 0.481 e. The zero-order valence-electron chi connectivity index (χ0n) is 12.0. The minimum Gasteiger partial charge on any atom is -0.481 e. The highest BCUT2D eigenvalue weighted by Gasteiger charge is 2.40. The predicted molar refractivity (Wildman–Crippen MR) is 73.8 cm³/mol. The van der Waals surface area contributed by atoms with Crippen molar-refractivity contribution in [3.05, 3.63) is 0 Å². The van der Waals surface area contributed by atoms with Gasteiger partial charge in [0.1, 0.15) is 0 Å². The highest BCUT2D eigenvalue weighted by Crippen LogP contribution is 2.24. The van der Waals surface area contributed by atoms with Crippen molar-refractivity contribution in [1.82, 2.24) is 8.61 Å². The highest BCUT2D eigenvalue weighted by molar-refractivity contribution is 7.86. The number of nitrogens with zero attached hydrogens (tertiary/aromatic N) is 2. The summed E-state index contributed by atoms with van der Waals surface area (Å²) in [6, 6.07) is -0.331. The van der Waals surface area contributed by atoms with Gasteiger partial charge in [-0.3, -0.25) is 4.79 Å². The first-order valence-electron chi connectivity index (χ1n) is 7.08. The Hall–Kier alpha value is -0.740. The molecule has 9 heteroatoms. The first kappa shape index (κ1) is 16.6. The molecule has 2 saturated heterocycles. The van der Waals surface area contributed by atoms with E-state index < -0.39 is 28.2 Å². The molecule has 2 aliphatic heterocycles. The molecule has 3 atom stereocenters. The van der Waals surface area contributed by atoms with E-state index in [2.05, 4.69) is 0 Å². The minimum absolute atomic E-state index is 0.00549. The molecule has 21 heavy (non-hydrogen) atoms. The van der Waals surface area contributed by atoms with Gasteiger partial charge in [0.05, 0.1) is 25.2 Å². The average molecular weight is 322 g/mol. The zero-order chi connectivity index (χ0) is 15.6. The number of aliphatic hydroxyl groups is 1. The molecular weight excluding hydrogens is 300 g/mol. The maximum atomic E-state index is 12.7. The van der Waals surface area contributed by atoms with Crippen LogP contribution in [0.4, 0.5) is 0 Å². The van der Waals surface area contributed by atoms with Crippen molar-refractivity contribution in [3.8, 4) is 0 Å². The first-order chi connectivity index (χ1) is 9.86. The van der Waals surface area contributed by atoms with Crippen LogP contribution in [-0.4, -0.2) is 78.2 Å². The molecule has 2 N–H and O–H groups in total. The third kappa shape index (κ3) is 3.54. The number of carbonyl (C=O) groups is 1. The molecule has 2 heterocycles. The number of piperidine rings is 1. The van der Waals surface area contributed by atoms with Crippen LogP contribution < -0.4 is 0 Å². The summed E-state index contributed by atoms with van der Waals surface area (Å²) in [5.74, 6) is -1.61. The van der Waals surface area contributed by atoms with Crippen LogP contribution in [0.1, 0.15) is 19.8 Å². The van der Waals surface area contributed by atoms with E-state index >= 15 is 0 Å². The molecule has 0 amide bonds. The summed E-state index contributed by atoms with van der Waals surface area (Å²) in [5.41, 5.74) is 0. The second-order valence-corrected chi connectivity index (χ2v) is 7.48. The summed E-state index contributed by atoms with van der Waals surface area (Å²) in [5, 5.41) is 18.2. The monoisotopic (exact) mass is 322 g/mol. The van der Waals surface area contributed by atoms with Crippen molar-refractivity contribution < 1.29 is 28.2 Å². The van der Waals surface area contributed by atoms with Gasteiger partial charge in [0.15, 0.2) is 0 Å². The van der Waals surface area contributed by atoms with Gasteiger partial charge in [-0.15, -0.1) is 0 Å². The van der Waals surface area contributed by atoms with Crippen LogP contribution in [0.3, 0.4) is 0 Å². The van der Waals surface area contributed by atoms with E-state index in [1.54, 1.807) is 6.92 Å². The number of ether oxygens (including phenoxy) is 1. The Labute approximate surface area is 124 Å². The Morgan fingerprint density at radius 1 is 1.38 bits per heavy atom. The summed E-state index contributed by atoms with van der Waals surface area (Å²) in [7, 11) is -3.73. The molecule has 0 spiro atoms. The third-order valence-corrected chi connectivity index (χ3v) is 6.09. The summed E-state index contributed by atoms with van der Waals surface area (Å²) >= 11 is 0. The molecule has 2 aliphatic rings. The van der Waals surface area contributed by atoms with Gasteiger partial charge in [-0.2, -0.15) is 17.0 Å². The Bertz CT molecular complexity index is 482. The number of aliphatic carboxylic acids is 1. The van der Waals surface area contributed by atoms with Crippen molar-refractivity contribution >= 4 is 16.2 Å². The van der Waals surface area contributed by atoms with E-state index in [0.717, 1.165) is 0 Å². The Morgan fingerprint density at radius 2 is 2.10 bits per heavy atom. The summed E-state index contributed by atoms with van der Waals surface area (Å²) in [4.78, 5) is 11.1. The molecule has 3 unspecified atom stereocenters. The quantitative estimate of drug-likeness (QED) is 0.695. The topological polar surface area (TPSA) is 107 Å². The molecule has 0 bridgehead atoms. The molecule has 0 saturated carbocycles. The number of hydrogen-bond acceptors (Lipinski definition) is 5. The fourth-order valence-corrected chi connectivity index (χ4v) is 4.62. The lowest BCUT2D eigenvalue weighted by atomic mass is 10.0. The van der Waals surface area contributed by atoms with Crippen molar-refractivity contribution in [1.29, 1.82) is 0 Å². The van der Waals surface area contributed by atoms with Gasteiger partial charge in [-0.25, -0.2) is 0 Å². The average Bonchev–Trinajstić information content (AvgIpc) is 2.47. The van der Waals surface area contributed by atoms with Crippen LogP contribution in [0.25, 0.3) is 0 Å². The molecule has 8 nitrogen and oxygen atoms in total. The molecule has 0 aromatic heterocycles. The van der Waals surface area contributed by atoms with Gasteiger partial charge in [0.2, 0.25) is 0 Å². The molecule has 0 aliphatic carbocycles. The van der Waals surface area contributed by atoms with E-state index in [1.165, 1.54) is 8.61 Å². The van der Waals surface area contributed by atoms with Gasteiger partial charge >= 0.3 is 5.97 Å². The van der Waals surface area contributed by atoms with Gasteiger partial charge in [0.25, 0.3) is 10.2 Å². The highest BCUT2D eigenvalue weighted by atomic mass is 32.2. The van der Waals surface area contributed by atoms with Crippen LogP contribution >= 0.6 is 0 Å². The van der Waals surface area contributed by atoms with Gasteiger partial charge in [-0.1, -0.05) is 0 Å². The fraction of sp³-hybridized carbons (Fsp3) is 0.917. The van der Waals surface area contributed by atoms with Crippen molar-refractivity contribution in [2.45, 2.75) is 31.9 Å². The smallest absolute Gasteiger partial charge is 0.307 e. The molecular formula is C12H22N2O6S. The van der Waals surface area contributed by atoms with Crippen molar-refractivity contribution in [2.24, 2.45) is 5.92 Å². The van der Waals surface area contributed by atoms with E-state index in [9.17, 15) is 13.2 Å². The van der Waals surface area contributed by atoms with Crippen LogP contribution in [0.5, 0.6) is 0 Å². The number of rotatable bonds is 4. The first-order valence-corrected chi connectivity index (χ1v) is 8.48. The second kappa shape index (κ2) is 6.57. The van der Waals surface area contributed by atoms with Crippen molar-refractivity contribution in [2.75, 3.05) is 32.8 Å². The van der Waals surface area contributed by atoms with Crippen molar-refractivity contribution in [3.63, 3.8) is 0 Å². The van der Waals surface area contributed by atoms with Gasteiger partial charge < -0.3 is 14.9 Å². The summed E-state index contributed by atoms with van der Waals surface area (Å²) in [6.07, 6.45) is 0.508. The zero-order valence-corrected chi connectivity index (χ0v) is 12.8. The van der Waals surface area contributed by atoms with Crippen LogP contribution in [0, 0.1) is 5.92 Å². The van der Waals surface area contributed by atoms with E-state index in [4.69, 9.17) is 14.9 Å². The molecule has 0 radical (unpaired) electrons. The van der Waals surface area contributed by atoms with Gasteiger partial charge in [0, 0.05) is 25.7 Å². The third-order valence-electron chi connectivity index (χ3n) is 4.01. The maximum Gasteiger partial charge on any atom is 0.307 e. The number of morpholine rings is 1. The molecule has 2 rings (SSSR count). The van der Waals surface area contributed by atoms with E-state index in [1.807, 2.05) is 0 Å². The van der Waals surface area contributed by atoms with Crippen LogP contribution in [0.15, 0.2) is 0 Å². The number of hydrogen-bond donors (Lipinski definition) is 2. The SMILES string of the molecule is CC1COC(CO)CN1S(=O)(=O)N1CCCC(C(=O)O)C1. The van der Waals surface area contributed by atoms with Crippen LogP contribution in [0.2, 0.25) is 0 Å². The fourth-order valence-electron chi connectivity index (χ4n) is 2.73. The molecule has 122 valence electrons. The lowest BCUT2D eigenvalue weighted by Crippen LogP contribution is -2.57. The second-order valence-electron chi connectivity index (χ2n) is 5.60. The lowest BCUT2D eigenvalue weighted by molar-refractivity contribution is -0.142.